The zero-order chi connectivity index (χ0) is 12.0. The standard InChI is InChI=1S/C13H10BrNOS/c1-8-13(16)15-7-10(6-12(15)17-8)9-2-4-11(14)5-3-9/h2-8H,1H3/t8-/m1/s1. The van der Waals surface area contributed by atoms with Crippen LogP contribution < -0.4 is 0 Å². The van der Waals surface area contributed by atoms with E-state index in [0.717, 1.165) is 20.6 Å². The van der Waals surface area contributed by atoms with E-state index in [0.29, 0.717) is 0 Å². The van der Waals surface area contributed by atoms with Gasteiger partial charge in [0.25, 0.3) is 0 Å². The molecule has 1 aromatic carbocycles. The summed E-state index contributed by atoms with van der Waals surface area (Å²) in [6, 6.07) is 10.2. The number of fused-ring (bicyclic) bond motifs is 1. The first-order valence-electron chi connectivity index (χ1n) is 5.34. The summed E-state index contributed by atoms with van der Waals surface area (Å²) < 4.78 is 2.82. The van der Waals surface area contributed by atoms with Gasteiger partial charge in [0.15, 0.2) is 0 Å². The molecule has 2 heterocycles. The molecule has 1 aliphatic rings. The van der Waals surface area contributed by atoms with Crippen LogP contribution in [0.15, 0.2) is 46.0 Å². The summed E-state index contributed by atoms with van der Waals surface area (Å²) in [4.78, 5) is 11.8. The molecule has 1 aromatic heterocycles. The van der Waals surface area contributed by atoms with Crippen LogP contribution in [0, 0.1) is 0 Å². The minimum Gasteiger partial charge on any atom is -0.280 e. The molecule has 17 heavy (non-hydrogen) atoms. The van der Waals surface area contributed by atoms with E-state index in [2.05, 4.69) is 22.0 Å². The topological polar surface area (TPSA) is 22.0 Å². The highest BCUT2D eigenvalue weighted by molar-refractivity contribution is 9.10. The Bertz CT molecular complexity index is 588. The van der Waals surface area contributed by atoms with Gasteiger partial charge in [0.2, 0.25) is 5.91 Å². The highest BCUT2D eigenvalue weighted by atomic mass is 79.9. The van der Waals surface area contributed by atoms with Crippen LogP contribution in [-0.2, 0) is 0 Å². The summed E-state index contributed by atoms with van der Waals surface area (Å²) in [5.41, 5.74) is 2.23. The average molecular weight is 308 g/mol. The first kappa shape index (κ1) is 11.1. The van der Waals surface area contributed by atoms with Crippen molar-refractivity contribution in [3.63, 3.8) is 0 Å². The summed E-state index contributed by atoms with van der Waals surface area (Å²) in [5.74, 6) is 0.174. The van der Waals surface area contributed by atoms with Gasteiger partial charge in [-0.2, -0.15) is 0 Å². The molecular weight excluding hydrogens is 298 g/mol. The van der Waals surface area contributed by atoms with Crippen LogP contribution in [0.4, 0.5) is 0 Å². The van der Waals surface area contributed by atoms with Crippen molar-refractivity contribution >= 4 is 33.6 Å². The molecule has 1 atom stereocenters. The Morgan fingerprint density at radius 1 is 1.24 bits per heavy atom. The molecule has 86 valence electrons. The zero-order valence-corrected chi connectivity index (χ0v) is 11.6. The minimum atomic E-state index is 0.0453. The second-order valence-corrected chi connectivity index (χ2v) is 6.32. The smallest absolute Gasteiger partial charge is 0.244 e. The second-order valence-electron chi connectivity index (χ2n) is 4.04. The number of thioether (sulfide) groups is 1. The monoisotopic (exact) mass is 307 g/mol. The number of hydrogen-bond acceptors (Lipinski definition) is 2. The van der Waals surface area contributed by atoms with Crippen molar-refractivity contribution in [1.29, 1.82) is 0 Å². The fourth-order valence-corrected chi connectivity index (χ4v) is 3.23. The quantitative estimate of drug-likeness (QED) is 0.793. The summed E-state index contributed by atoms with van der Waals surface area (Å²) >= 11 is 5.04. The normalized spacial score (nSPS) is 18.5. The lowest BCUT2D eigenvalue weighted by Crippen LogP contribution is -2.12. The zero-order valence-electron chi connectivity index (χ0n) is 9.18. The van der Waals surface area contributed by atoms with E-state index in [1.807, 2.05) is 37.4 Å². The number of carbonyl (C=O) groups is 1. The molecule has 0 bridgehead atoms. The molecule has 0 radical (unpaired) electrons. The van der Waals surface area contributed by atoms with Gasteiger partial charge in [-0.15, -0.1) is 0 Å². The van der Waals surface area contributed by atoms with Crippen LogP contribution in [0.3, 0.4) is 0 Å². The SMILES string of the molecule is C[C@H]1Sc2cc(-c3ccc(Br)cc3)cn2C1=O. The van der Waals surface area contributed by atoms with Crippen LogP contribution in [-0.4, -0.2) is 15.7 Å². The number of halogens is 1. The minimum absolute atomic E-state index is 0.0453. The fourth-order valence-electron chi connectivity index (χ4n) is 1.93. The van der Waals surface area contributed by atoms with Gasteiger partial charge >= 0.3 is 0 Å². The van der Waals surface area contributed by atoms with E-state index in [1.165, 1.54) is 0 Å². The average Bonchev–Trinajstić information content (AvgIpc) is 2.82. The van der Waals surface area contributed by atoms with Crippen LogP contribution in [0.25, 0.3) is 11.1 Å². The molecule has 0 amide bonds. The van der Waals surface area contributed by atoms with Crippen LogP contribution in [0.5, 0.6) is 0 Å². The Balaban J connectivity index is 2.02. The molecule has 0 saturated carbocycles. The molecule has 3 rings (SSSR count). The molecule has 0 unspecified atom stereocenters. The van der Waals surface area contributed by atoms with Gasteiger partial charge in [0.05, 0.1) is 10.3 Å². The summed E-state index contributed by atoms with van der Waals surface area (Å²) in [5, 5.41) is 1.09. The molecule has 0 spiro atoms. The number of rotatable bonds is 1. The first-order chi connectivity index (χ1) is 8.15. The number of nitrogens with zero attached hydrogens (tertiary/aromatic N) is 1. The molecular formula is C13H10BrNOS. The molecule has 1 aliphatic heterocycles. The van der Waals surface area contributed by atoms with E-state index in [1.54, 1.807) is 16.3 Å². The molecule has 2 aromatic rings. The second kappa shape index (κ2) is 4.03. The Morgan fingerprint density at radius 3 is 2.59 bits per heavy atom. The van der Waals surface area contributed by atoms with Crippen molar-refractivity contribution in [2.24, 2.45) is 0 Å². The van der Waals surface area contributed by atoms with Crippen LogP contribution >= 0.6 is 27.7 Å². The lowest BCUT2D eigenvalue weighted by atomic mass is 10.1. The number of hydrogen-bond donors (Lipinski definition) is 0. The predicted octanol–water partition coefficient (Wildman–Crippen LogP) is 4.05. The van der Waals surface area contributed by atoms with E-state index < -0.39 is 0 Å². The number of aromatic nitrogens is 1. The molecule has 0 N–H and O–H groups in total. The maximum atomic E-state index is 11.8. The van der Waals surface area contributed by atoms with Gasteiger partial charge in [-0.05, 0) is 30.7 Å². The molecule has 0 saturated heterocycles. The van der Waals surface area contributed by atoms with Gasteiger partial charge in [0, 0.05) is 16.2 Å². The van der Waals surface area contributed by atoms with Gasteiger partial charge in [-0.1, -0.05) is 39.8 Å². The molecule has 0 aliphatic carbocycles. The van der Waals surface area contributed by atoms with E-state index in [9.17, 15) is 4.79 Å². The lowest BCUT2D eigenvalue weighted by molar-refractivity contribution is 0.0915. The third-order valence-corrected chi connectivity index (χ3v) is 4.48. The third kappa shape index (κ3) is 1.85. The number of benzene rings is 1. The fraction of sp³-hybridized carbons (Fsp3) is 0.154. The lowest BCUT2D eigenvalue weighted by Gasteiger charge is -2.00. The van der Waals surface area contributed by atoms with Gasteiger partial charge < -0.3 is 0 Å². The summed E-state index contributed by atoms with van der Waals surface area (Å²) in [6.45, 7) is 1.94. The van der Waals surface area contributed by atoms with Gasteiger partial charge in [0.1, 0.15) is 0 Å². The van der Waals surface area contributed by atoms with Crippen molar-refractivity contribution in [3.8, 4) is 11.1 Å². The third-order valence-electron chi connectivity index (χ3n) is 2.84. The largest absolute Gasteiger partial charge is 0.280 e. The molecule has 2 nitrogen and oxygen atoms in total. The van der Waals surface area contributed by atoms with Gasteiger partial charge in [-0.3, -0.25) is 9.36 Å². The van der Waals surface area contributed by atoms with Crippen LogP contribution in [0.1, 0.15) is 11.7 Å². The van der Waals surface area contributed by atoms with Crippen molar-refractivity contribution in [3.05, 3.63) is 41.0 Å². The Labute approximate surface area is 112 Å². The van der Waals surface area contributed by atoms with Gasteiger partial charge in [-0.25, -0.2) is 0 Å². The van der Waals surface area contributed by atoms with Crippen LogP contribution in [0.2, 0.25) is 0 Å². The summed E-state index contributed by atoms with van der Waals surface area (Å²) in [6.07, 6.45) is 1.93. The number of carbonyl (C=O) groups excluding carboxylic acids is 1. The predicted molar refractivity (Wildman–Crippen MR) is 73.5 cm³/mol. The Kier molecular flexibility index (Phi) is 2.64. The Morgan fingerprint density at radius 2 is 1.94 bits per heavy atom. The highest BCUT2D eigenvalue weighted by Crippen LogP contribution is 2.36. The van der Waals surface area contributed by atoms with E-state index in [4.69, 9.17) is 0 Å². The van der Waals surface area contributed by atoms with Crippen molar-refractivity contribution in [2.75, 3.05) is 0 Å². The first-order valence-corrected chi connectivity index (χ1v) is 7.01. The summed E-state index contributed by atoms with van der Waals surface area (Å²) in [7, 11) is 0. The molecule has 0 fully saturated rings. The van der Waals surface area contributed by atoms with E-state index in [-0.39, 0.29) is 11.2 Å². The maximum absolute atomic E-state index is 11.8. The molecule has 4 heteroatoms. The van der Waals surface area contributed by atoms with E-state index >= 15 is 0 Å². The van der Waals surface area contributed by atoms with Crippen molar-refractivity contribution in [1.82, 2.24) is 4.57 Å². The van der Waals surface area contributed by atoms with Crippen molar-refractivity contribution in [2.45, 2.75) is 17.2 Å². The Hall–Kier alpha value is -1.00. The maximum Gasteiger partial charge on any atom is 0.244 e. The highest BCUT2D eigenvalue weighted by Gasteiger charge is 2.28. The van der Waals surface area contributed by atoms with Crippen molar-refractivity contribution < 1.29 is 4.79 Å².